The molecule has 0 aliphatic rings. The Labute approximate surface area is 185 Å². The summed E-state index contributed by atoms with van der Waals surface area (Å²) < 4.78 is 16.1. The van der Waals surface area contributed by atoms with E-state index in [1.165, 1.54) is 5.56 Å². The predicted molar refractivity (Wildman–Crippen MR) is 122 cm³/mol. The van der Waals surface area contributed by atoms with Crippen molar-refractivity contribution in [1.82, 2.24) is 0 Å². The number of rotatable bonds is 13. The molecule has 0 N–H and O–H groups in total. The van der Waals surface area contributed by atoms with Crippen molar-refractivity contribution in [3.05, 3.63) is 72.3 Å². The molecule has 0 radical (unpaired) electrons. The standard InChI is InChI=1S/C26H32O5/c1-4-20(3)19-21-9-13-24(14-10-21)31-26(28)22-11-15-23(16-12-22)29-17-7-6-8-18-30-25(27)5-2/h5,9-16,20H,2,4,6-8,17-19H2,1,3H3. The molecule has 2 aromatic carbocycles. The fourth-order valence-corrected chi connectivity index (χ4v) is 2.90. The summed E-state index contributed by atoms with van der Waals surface area (Å²) in [5, 5.41) is 0. The minimum absolute atomic E-state index is 0.391. The molecule has 0 heterocycles. The summed E-state index contributed by atoms with van der Waals surface area (Å²) in [6.45, 7) is 8.71. The topological polar surface area (TPSA) is 61.8 Å². The highest BCUT2D eigenvalue weighted by Gasteiger charge is 2.09. The summed E-state index contributed by atoms with van der Waals surface area (Å²) in [5.41, 5.74) is 1.72. The van der Waals surface area contributed by atoms with Gasteiger partial charge in [-0.05, 0) is 73.6 Å². The van der Waals surface area contributed by atoms with Gasteiger partial charge in [0.1, 0.15) is 11.5 Å². The average molecular weight is 425 g/mol. The third kappa shape index (κ3) is 9.08. The van der Waals surface area contributed by atoms with Gasteiger partial charge in [-0.15, -0.1) is 0 Å². The minimum Gasteiger partial charge on any atom is -0.494 e. The van der Waals surface area contributed by atoms with E-state index in [2.05, 4.69) is 20.4 Å². The van der Waals surface area contributed by atoms with Crippen molar-refractivity contribution in [3.8, 4) is 11.5 Å². The molecule has 2 aromatic rings. The lowest BCUT2D eigenvalue weighted by molar-refractivity contribution is -0.137. The zero-order valence-electron chi connectivity index (χ0n) is 18.5. The Kier molecular flexibility index (Phi) is 10.4. The normalized spacial score (nSPS) is 11.4. The van der Waals surface area contributed by atoms with Crippen molar-refractivity contribution in [2.75, 3.05) is 13.2 Å². The second-order valence-electron chi connectivity index (χ2n) is 7.56. The summed E-state index contributed by atoms with van der Waals surface area (Å²) >= 11 is 0. The molecule has 0 fully saturated rings. The fraction of sp³-hybridized carbons (Fsp3) is 0.385. The zero-order valence-corrected chi connectivity index (χ0v) is 18.5. The van der Waals surface area contributed by atoms with Crippen LogP contribution in [-0.4, -0.2) is 25.2 Å². The first kappa shape index (κ1) is 24.2. The highest BCUT2D eigenvalue weighted by atomic mass is 16.5. The van der Waals surface area contributed by atoms with Gasteiger partial charge < -0.3 is 14.2 Å². The molecule has 31 heavy (non-hydrogen) atoms. The lowest BCUT2D eigenvalue weighted by atomic mass is 9.99. The van der Waals surface area contributed by atoms with Crippen LogP contribution in [0.1, 0.15) is 55.5 Å². The van der Waals surface area contributed by atoms with Gasteiger partial charge in [-0.1, -0.05) is 39.0 Å². The maximum atomic E-state index is 12.4. The maximum Gasteiger partial charge on any atom is 0.343 e. The van der Waals surface area contributed by atoms with Crippen molar-refractivity contribution >= 4 is 11.9 Å². The van der Waals surface area contributed by atoms with Crippen LogP contribution in [0.25, 0.3) is 0 Å². The Bertz CT molecular complexity index is 824. The molecule has 0 aliphatic heterocycles. The van der Waals surface area contributed by atoms with Crippen LogP contribution in [0.5, 0.6) is 11.5 Å². The quantitative estimate of drug-likeness (QED) is 0.177. The Morgan fingerprint density at radius 3 is 2.23 bits per heavy atom. The van der Waals surface area contributed by atoms with E-state index in [0.29, 0.717) is 36.2 Å². The molecule has 1 unspecified atom stereocenters. The number of carbonyl (C=O) groups is 2. The Morgan fingerprint density at radius 2 is 1.58 bits per heavy atom. The van der Waals surface area contributed by atoms with Gasteiger partial charge in [-0.2, -0.15) is 0 Å². The highest BCUT2D eigenvalue weighted by molar-refractivity contribution is 5.91. The second-order valence-corrected chi connectivity index (χ2v) is 7.56. The molecule has 0 saturated carbocycles. The molecular formula is C26H32O5. The van der Waals surface area contributed by atoms with Crippen LogP contribution in [0.4, 0.5) is 0 Å². The van der Waals surface area contributed by atoms with Crippen LogP contribution >= 0.6 is 0 Å². The van der Waals surface area contributed by atoms with E-state index in [4.69, 9.17) is 14.2 Å². The molecule has 0 aliphatic carbocycles. The van der Waals surface area contributed by atoms with Gasteiger partial charge in [-0.3, -0.25) is 0 Å². The predicted octanol–water partition coefficient (Wildman–Crippen LogP) is 5.77. The molecule has 2 rings (SSSR count). The van der Waals surface area contributed by atoms with Crippen LogP contribution in [0.15, 0.2) is 61.2 Å². The van der Waals surface area contributed by atoms with E-state index in [-0.39, 0.29) is 0 Å². The molecular weight excluding hydrogens is 392 g/mol. The second kappa shape index (κ2) is 13.3. The first-order chi connectivity index (χ1) is 15.0. The van der Waals surface area contributed by atoms with Gasteiger partial charge in [0, 0.05) is 6.08 Å². The lowest BCUT2D eigenvalue weighted by Gasteiger charge is -2.10. The summed E-state index contributed by atoms with van der Waals surface area (Å²) in [4.78, 5) is 23.3. The Hall–Kier alpha value is -3.08. The first-order valence-corrected chi connectivity index (χ1v) is 10.8. The third-order valence-electron chi connectivity index (χ3n) is 4.97. The maximum absolute atomic E-state index is 12.4. The molecule has 0 aromatic heterocycles. The van der Waals surface area contributed by atoms with Crippen molar-refractivity contribution < 1.29 is 23.8 Å². The van der Waals surface area contributed by atoms with Gasteiger partial charge in [0.25, 0.3) is 0 Å². The highest BCUT2D eigenvalue weighted by Crippen LogP contribution is 2.19. The SMILES string of the molecule is C=CC(=O)OCCCCCOc1ccc(C(=O)Oc2ccc(CC(C)CC)cc2)cc1. The van der Waals surface area contributed by atoms with Gasteiger partial charge in [0.15, 0.2) is 0 Å². The van der Waals surface area contributed by atoms with Crippen LogP contribution in [0, 0.1) is 5.92 Å². The van der Waals surface area contributed by atoms with Crippen molar-refractivity contribution in [3.63, 3.8) is 0 Å². The molecule has 0 saturated heterocycles. The van der Waals surface area contributed by atoms with Crippen molar-refractivity contribution in [2.45, 2.75) is 46.0 Å². The van der Waals surface area contributed by atoms with Crippen LogP contribution in [0.2, 0.25) is 0 Å². The molecule has 166 valence electrons. The summed E-state index contributed by atoms with van der Waals surface area (Å²) in [6, 6.07) is 14.6. The molecule has 0 amide bonds. The van der Waals surface area contributed by atoms with Gasteiger partial charge >= 0.3 is 11.9 Å². The number of unbranched alkanes of at least 4 members (excludes halogenated alkanes) is 2. The average Bonchev–Trinajstić information content (AvgIpc) is 2.79. The van der Waals surface area contributed by atoms with Gasteiger partial charge in [0.2, 0.25) is 0 Å². The van der Waals surface area contributed by atoms with Gasteiger partial charge in [-0.25, -0.2) is 9.59 Å². The lowest BCUT2D eigenvalue weighted by Crippen LogP contribution is -2.08. The van der Waals surface area contributed by atoms with E-state index >= 15 is 0 Å². The van der Waals surface area contributed by atoms with Gasteiger partial charge in [0.05, 0.1) is 18.8 Å². The number of benzene rings is 2. The smallest absolute Gasteiger partial charge is 0.343 e. The van der Waals surface area contributed by atoms with Crippen molar-refractivity contribution in [2.24, 2.45) is 5.92 Å². The fourth-order valence-electron chi connectivity index (χ4n) is 2.90. The molecule has 5 heteroatoms. The minimum atomic E-state index is -0.395. The Morgan fingerprint density at radius 1 is 0.935 bits per heavy atom. The molecule has 0 bridgehead atoms. The molecule has 0 spiro atoms. The van der Waals surface area contributed by atoms with Crippen molar-refractivity contribution in [1.29, 1.82) is 0 Å². The van der Waals surface area contributed by atoms with E-state index < -0.39 is 11.9 Å². The van der Waals surface area contributed by atoms with E-state index in [9.17, 15) is 9.59 Å². The monoisotopic (exact) mass is 424 g/mol. The van der Waals surface area contributed by atoms with Crippen LogP contribution < -0.4 is 9.47 Å². The summed E-state index contributed by atoms with van der Waals surface area (Å²) in [6.07, 6.45) is 5.85. The largest absolute Gasteiger partial charge is 0.494 e. The zero-order chi connectivity index (χ0) is 22.5. The van der Waals surface area contributed by atoms with E-state index in [1.54, 1.807) is 24.3 Å². The Balaban J connectivity index is 1.71. The van der Waals surface area contributed by atoms with Crippen LogP contribution in [0.3, 0.4) is 0 Å². The van der Waals surface area contributed by atoms with E-state index in [0.717, 1.165) is 38.2 Å². The summed E-state index contributed by atoms with van der Waals surface area (Å²) in [5.74, 6) is 1.08. The van der Waals surface area contributed by atoms with Crippen LogP contribution in [-0.2, 0) is 16.0 Å². The number of ether oxygens (including phenoxy) is 3. The number of esters is 2. The molecule has 5 nitrogen and oxygen atoms in total. The molecule has 1 atom stereocenters. The first-order valence-electron chi connectivity index (χ1n) is 10.8. The number of hydrogen-bond donors (Lipinski definition) is 0. The third-order valence-corrected chi connectivity index (χ3v) is 4.97. The number of carbonyl (C=O) groups excluding carboxylic acids is 2. The summed E-state index contributed by atoms with van der Waals surface area (Å²) in [7, 11) is 0. The van der Waals surface area contributed by atoms with E-state index in [1.807, 2.05) is 24.3 Å². The number of hydrogen-bond acceptors (Lipinski definition) is 5.